The van der Waals surface area contributed by atoms with Crippen molar-refractivity contribution in [2.45, 2.75) is 31.3 Å². The van der Waals surface area contributed by atoms with E-state index in [1.165, 1.54) is 0 Å². The van der Waals surface area contributed by atoms with Crippen LogP contribution in [-0.4, -0.2) is 40.9 Å². The Morgan fingerprint density at radius 1 is 1.38 bits per heavy atom. The molecule has 1 aliphatic carbocycles. The molecule has 1 rings (SSSR count). The van der Waals surface area contributed by atoms with Gasteiger partial charge in [-0.3, -0.25) is 0 Å². The minimum atomic E-state index is -1.14. The van der Waals surface area contributed by atoms with Crippen molar-refractivity contribution in [3.63, 3.8) is 0 Å². The van der Waals surface area contributed by atoms with Gasteiger partial charge in [-0.15, -0.1) is 0 Å². The highest BCUT2D eigenvalue weighted by atomic mass is 16.4. The maximum Gasteiger partial charge on any atom is 0.326 e. The van der Waals surface area contributed by atoms with Crippen LogP contribution >= 0.6 is 0 Å². The Morgan fingerprint density at radius 3 is 2.50 bits per heavy atom. The van der Waals surface area contributed by atoms with Crippen LogP contribution in [0.4, 0.5) is 4.79 Å². The lowest BCUT2D eigenvalue weighted by molar-refractivity contribution is -0.139. The number of urea groups is 1. The van der Waals surface area contributed by atoms with E-state index in [1.807, 2.05) is 12.2 Å². The van der Waals surface area contributed by atoms with E-state index in [-0.39, 0.29) is 19.1 Å². The second-order valence-electron chi connectivity index (χ2n) is 3.66. The zero-order valence-corrected chi connectivity index (χ0v) is 8.85. The molecule has 2 amide bonds. The van der Waals surface area contributed by atoms with Crippen LogP contribution < -0.4 is 10.6 Å². The first kappa shape index (κ1) is 12.5. The van der Waals surface area contributed by atoms with E-state index >= 15 is 0 Å². The Balaban J connectivity index is 2.32. The summed E-state index contributed by atoms with van der Waals surface area (Å²) in [5.74, 6) is -1.14. The number of carbonyl (C=O) groups excluding carboxylic acids is 1. The van der Waals surface area contributed by atoms with Gasteiger partial charge in [-0.2, -0.15) is 0 Å². The number of nitrogens with one attached hydrogen (secondary N) is 2. The van der Waals surface area contributed by atoms with Gasteiger partial charge in [-0.25, -0.2) is 9.59 Å². The molecule has 1 unspecified atom stereocenters. The second-order valence-corrected chi connectivity index (χ2v) is 3.66. The highest BCUT2D eigenvalue weighted by Gasteiger charge is 2.20. The average Bonchev–Trinajstić information content (AvgIpc) is 2.69. The van der Waals surface area contributed by atoms with Crippen molar-refractivity contribution in [2.24, 2.45) is 0 Å². The number of aliphatic hydroxyl groups is 1. The summed E-state index contributed by atoms with van der Waals surface area (Å²) in [6, 6.07) is -1.50. The molecule has 4 N–H and O–H groups in total. The minimum Gasteiger partial charge on any atom is -0.480 e. The van der Waals surface area contributed by atoms with E-state index in [0.29, 0.717) is 0 Å². The monoisotopic (exact) mass is 228 g/mol. The fourth-order valence-corrected chi connectivity index (χ4v) is 1.51. The van der Waals surface area contributed by atoms with Crippen LogP contribution in [0.5, 0.6) is 0 Å². The molecule has 0 aromatic heterocycles. The standard InChI is InChI=1S/C10H16N2O4/c13-6-5-8(9(14)15)12-10(16)11-7-3-1-2-4-7/h1-2,7-8,13H,3-6H2,(H,14,15)(H2,11,12,16). The molecule has 0 saturated carbocycles. The molecule has 0 aliphatic heterocycles. The molecule has 0 bridgehead atoms. The molecule has 1 atom stereocenters. The Morgan fingerprint density at radius 2 is 2.00 bits per heavy atom. The molecule has 1 aliphatic rings. The van der Waals surface area contributed by atoms with Crippen LogP contribution in [0, 0.1) is 0 Å². The zero-order chi connectivity index (χ0) is 12.0. The molecular weight excluding hydrogens is 212 g/mol. The van der Waals surface area contributed by atoms with E-state index in [9.17, 15) is 9.59 Å². The van der Waals surface area contributed by atoms with Gasteiger partial charge in [-0.05, 0) is 12.8 Å². The van der Waals surface area contributed by atoms with Gasteiger partial charge in [-0.1, -0.05) is 12.2 Å². The number of aliphatic hydroxyl groups excluding tert-OH is 1. The molecule has 0 radical (unpaired) electrons. The van der Waals surface area contributed by atoms with Gasteiger partial charge in [0.05, 0.1) is 0 Å². The van der Waals surface area contributed by atoms with Crippen molar-refractivity contribution in [3.05, 3.63) is 12.2 Å². The summed E-state index contributed by atoms with van der Waals surface area (Å²) < 4.78 is 0. The first-order valence-corrected chi connectivity index (χ1v) is 5.19. The molecule has 90 valence electrons. The Bertz CT molecular complexity index is 283. The molecule has 6 heteroatoms. The van der Waals surface area contributed by atoms with E-state index in [4.69, 9.17) is 10.2 Å². The molecule has 0 spiro atoms. The Labute approximate surface area is 93.3 Å². The summed E-state index contributed by atoms with van der Waals surface area (Å²) in [6.07, 6.45) is 5.47. The second kappa shape index (κ2) is 6.12. The highest BCUT2D eigenvalue weighted by Crippen LogP contribution is 2.08. The van der Waals surface area contributed by atoms with E-state index < -0.39 is 18.0 Å². The number of carboxylic acids is 1. The number of rotatable bonds is 5. The van der Waals surface area contributed by atoms with Crippen LogP contribution in [-0.2, 0) is 4.79 Å². The molecule has 16 heavy (non-hydrogen) atoms. The van der Waals surface area contributed by atoms with Crippen molar-refractivity contribution >= 4 is 12.0 Å². The lowest BCUT2D eigenvalue weighted by atomic mass is 10.2. The summed E-state index contributed by atoms with van der Waals surface area (Å²) in [6.45, 7) is -0.276. The van der Waals surface area contributed by atoms with Crippen molar-refractivity contribution in [1.82, 2.24) is 10.6 Å². The highest BCUT2D eigenvalue weighted by molar-refractivity contribution is 5.82. The third kappa shape index (κ3) is 3.90. The number of carboxylic acid groups (broad SMARTS) is 1. The quantitative estimate of drug-likeness (QED) is 0.491. The lowest BCUT2D eigenvalue weighted by Crippen LogP contribution is -2.48. The number of amides is 2. The van der Waals surface area contributed by atoms with E-state index in [2.05, 4.69) is 10.6 Å². The van der Waals surface area contributed by atoms with Gasteiger partial charge in [0.25, 0.3) is 0 Å². The van der Waals surface area contributed by atoms with Crippen LogP contribution in [0.2, 0.25) is 0 Å². The van der Waals surface area contributed by atoms with Crippen LogP contribution in [0.15, 0.2) is 12.2 Å². The molecule has 0 aromatic rings. The predicted molar refractivity (Wildman–Crippen MR) is 57.0 cm³/mol. The zero-order valence-electron chi connectivity index (χ0n) is 8.85. The van der Waals surface area contributed by atoms with Crippen molar-refractivity contribution in [3.8, 4) is 0 Å². The van der Waals surface area contributed by atoms with Crippen molar-refractivity contribution < 1.29 is 19.8 Å². The molecule has 0 aromatic carbocycles. The normalized spacial score (nSPS) is 17.1. The summed E-state index contributed by atoms with van der Waals surface area (Å²) >= 11 is 0. The van der Waals surface area contributed by atoms with Gasteiger partial charge in [0.2, 0.25) is 0 Å². The number of aliphatic carboxylic acids is 1. The fraction of sp³-hybridized carbons (Fsp3) is 0.600. The summed E-state index contributed by atoms with van der Waals surface area (Å²) in [5.41, 5.74) is 0. The topological polar surface area (TPSA) is 98.7 Å². The third-order valence-corrected chi connectivity index (χ3v) is 2.36. The van der Waals surface area contributed by atoms with Crippen LogP contribution in [0.25, 0.3) is 0 Å². The first-order chi connectivity index (χ1) is 7.63. The molecule has 6 nitrogen and oxygen atoms in total. The van der Waals surface area contributed by atoms with Crippen molar-refractivity contribution in [2.75, 3.05) is 6.61 Å². The fourth-order valence-electron chi connectivity index (χ4n) is 1.51. The maximum atomic E-state index is 11.4. The number of hydrogen-bond donors (Lipinski definition) is 4. The van der Waals surface area contributed by atoms with Gasteiger partial charge >= 0.3 is 12.0 Å². The predicted octanol–water partition coefficient (Wildman–Crippen LogP) is -0.160. The third-order valence-electron chi connectivity index (χ3n) is 2.36. The summed E-state index contributed by atoms with van der Waals surface area (Å²) in [5, 5.41) is 22.4. The van der Waals surface area contributed by atoms with E-state index in [0.717, 1.165) is 12.8 Å². The minimum absolute atomic E-state index is 0.00563. The molecular formula is C10H16N2O4. The summed E-state index contributed by atoms with van der Waals surface area (Å²) in [7, 11) is 0. The molecule has 0 heterocycles. The molecule has 0 fully saturated rings. The Kier molecular flexibility index (Phi) is 4.78. The molecule has 0 saturated heterocycles. The largest absolute Gasteiger partial charge is 0.480 e. The first-order valence-electron chi connectivity index (χ1n) is 5.19. The van der Waals surface area contributed by atoms with Gasteiger partial charge in [0.1, 0.15) is 6.04 Å². The SMILES string of the molecule is O=C(NC1CC=CC1)NC(CCO)C(=O)O. The van der Waals surface area contributed by atoms with Gasteiger partial charge in [0.15, 0.2) is 0 Å². The van der Waals surface area contributed by atoms with Crippen molar-refractivity contribution in [1.29, 1.82) is 0 Å². The van der Waals surface area contributed by atoms with Crippen LogP contribution in [0.1, 0.15) is 19.3 Å². The summed E-state index contributed by atoms with van der Waals surface area (Å²) in [4.78, 5) is 22.1. The average molecular weight is 228 g/mol. The van der Waals surface area contributed by atoms with Gasteiger partial charge < -0.3 is 20.8 Å². The van der Waals surface area contributed by atoms with E-state index in [1.54, 1.807) is 0 Å². The van der Waals surface area contributed by atoms with Gasteiger partial charge in [0, 0.05) is 19.1 Å². The smallest absolute Gasteiger partial charge is 0.326 e. The Hall–Kier alpha value is -1.56. The maximum absolute atomic E-state index is 11.4. The lowest BCUT2D eigenvalue weighted by Gasteiger charge is -2.17. The number of carbonyl (C=O) groups is 2. The van der Waals surface area contributed by atoms with Crippen LogP contribution in [0.3, 0.4) is 0 Å². The number of hydrogen-bond acceptors (Lipinski definition) is 3.